The van der Waals surface area contributed by atoms with E-state index < -0.39 is 5.25 Å². The summed E-state index contributed by atoms with van der Waals surface area (Å²) in [6.07, 6.45) is 0.827. The average Bonchev–Trinajstić information content (AvgIpc) is 3.03. The van der Waals surface area contributed by atoms with E-state index in [0.717, 1.165) is 17.8 Å². The number of nitrogens with two attached hydrogens (primary N) is 1. The van der Waals surface area contributed by atoms with E-state index in [1.54, 1.807) is 18.5 Å². The molecule has 2 aromatic heterocycles. The summed E-state index contributed by atoms with van der Waals surface area (Å²) in [6, 6.07) is 1.93. The van der Waals surface area contributed by atoms with Crippen LogP contribution in [0.4, 0.5) is 0 Å². The molecule has 1 unspecified atom stereocenters. The number of carbonyl (C=O) groups is 1. The van der Waals surface area contributed by atoms with Gasteiger partial charge in [-0.15, -0.1) is 10.2 Å². The summed E-state index contributed by atoms with van der Waals surface area (Å²) in [4.78, 5) is 11.7. The van der Waals surface area contributed by atoms with Crippen LogP contribution in [0.5, 0.6) is 0 Å². The minimum atomic E-state index is -0.406. The largest absolute Gasteiger partial charge is 0.465 e. The van der Waals surface area contributed by atoms with Crippen molar-refractivity contribution >= 4 is 17.7 Å². The summed E-state index contributed by atoms with van der Waals surface area (Å²) in [5.41, 5.74) is 1.73. The number of rotatable bonds is 6. The summed E-state index contributed by atoms with van der Waals surface area (Å²) < 4.78 is 8.06. The van der Waals surface area contributed by atoms with E-state index >= 15 is 0 Å². The minimum Gasteiger partial charge on any atom is -0.465 e. The van der Waals surface area contributed by atoms with Gasteiger partial charge in [0, 0.05) is 7.05 Å². The molecule has 0 spiro atoms. The summed E-state index contributed by atoms with van der Waals surface area (Å²) in [5.74, 6) is 6.26. The topological polar surface area (TPSA) is 101 Å². The standard InChI is InChI=1S/C13H20N6O2S/c1-5-9-7-10(18(4)17-9)11-15-16-13(19(11)14)22-8(3)12(20)21-6-2/h7-8H,5-6,14H2,1-4H3. The Morgan fingerprint density at radius 2 is 2.18 bits per heavy atom. The van der Waals surface area contributed by atoms with Gasteiger partial charge >= 0.3 is 5.97 Å². The molecule has 0 fully saturated rings. The van der Waals surface area contributed by atoms with Gasteiger partial charge < -0.3 is 10.6 Å². The minimum absolute atomic E-state index is 0.300. The zero-order valence-electron chi connectivity index (χ0n) is 13.1. The third-order valence-corrected chi connectivity index (χ3v) is 4.12. The molecule has 9 heteroatoms. The zero-order chi connectivity index (χ0) is 16.3. The molecule has 120 valence electrons. The number of nitrogen functional groups attached to an aromatic ring is 1. The van der Waals surface area contributed by atoms with Crippen molar-refractivity contribution in [2.24, 2.45) is 7.05 Å². The lowest BCUT2D eigenvalue weighted by Crippen LogP contribution is -2.19. The molecular weight excluding hydrogens is 304 g/mol. The molecule has 0 amide bonds. The molecule has 0 aliphatic heterocycles. The first kappa shape index (κ1) is 16.3. The number of carbonyl (C=O) groups excluding carboxylic acids is 1. The SMILES string of the molecule is CCOC(=O)C(C)Sc1nnc(-c2cc(CC)nn2C)n1N. The predicted octanol–water partition coefficient (Wildman–Crippen LogP) is 0.998. The Bertz CT molecular complexity index is 666. The fourth-order valence-electron chi connectivity index (χ4n) is 1.91. The molecule has 2 aromatic rings. The lowest BCUT2D eigenvalue weighted by atomic mass is 10.3. The van der Waals surface area contributed by atoms with Crippen LogP contribution < -0.4 is 5.84 Å². The number of aromatic nitrogens is 5. The third kappa shape index (κ3) is 3.24. The number of ether oxygens (including phenoxy) is 1. The highest BCUT2D eigenvalue weighted by Gasteiger charge is 2.22. The molecule has 2 N–H and O–H groups in total. The Balaban J connectivity index is 2.22. The highest BCUT2D eigenvalue weighted by molar-refractivity contribution is 8.00. The Morgan fingerprint density at radius 3 is 2.77 bits per heavy atom. The molecule has 0 bridgehead atoms. The number of hydrogen-bond donors (Lipinski definition) is 1. The fraction of sp³-hybridized carbons (Fsp3) is 0.538. The van der Waals surface area contributed by atoms with E-state index in [-0.39, 0.29) is 5.97 Å². The molecule has 0 saturated carbocycles. The maximum absolute atomic E-state index is 11.7. The molecule has 0 aromatic carbocycles. The van der Waals surface area contributed by atoms with Crippen molar-refractivity contribution < 1.29 is 9.53 Å². The lowest BCUT2D eigenvalue weighted by molar-refractivity contribution is -0.142. The van der Waals surface area contributed by atoms with Gasteiger partial charge in [0.15, 0.2) is 0 Å². The number of aryl methyl sites for hydroxylation is 2. The predicted molar refractivity (Wildman–Crippen MR) is 83.7 cm³/mol. The Morgan fingerprint density at radius 1 is 1.45 bits per heavy atom. The molecule has 0 radical (unpaired) electrons. The molecule has 2 heterocycles. The van der Waals surface area contributed by atoms with Gasteiger partial charge in [0.1, 0.15) is 10.9 Å². The highest BCUT2D eigenvalue weighted by Crippen LogP contribution is 2.25. The smallest absolute Gasteiger partial charge is 0.319 e. The van der Waals surface area contributed by atoms with E-state index in [4.69, 9.17) is 10.6 Å². The quantitative estimate of drug-likeness (QED) is 0.480. The van der Waals surface area contributed by atoms with Crippen LogP contribution in [-0.4, -0.2) is 42.5 Å². The monoisotopic (exact) mass is 324 g/mol. The van der Waals surface area contributed by atoms with Crippen molar-refractivity contribution in [2.75, 3.05) is 12.4 Å². The van der Waals surface area contributed by atoms with Gasteiger partial charge in [-0.1, -0.05) is 18.7 Å². The van der Waals surface area contributed by atoms with E-state index in [2.05, 4.69) is 15.3 Å². The van der Waals surface area contributed by atoms with Gasteiger partial charge in [0.2, 0.25) is 11.0 Å². The molecule has 2 rings (SSSR count). The van der Waals surface area contributed by atoms with Gasteiger partial charge in [-0.3, -0.25) is 9.48 Å². The van der Waals surface area contributed by atoms with Crippen molar-refractivity contribution in [3.05, 3.63) is 11.8 Å². The van der Waals surface area contributed by atoms with Gasteiger partial charge in [-0.25, -0.2) is 4.68 Å². The third-order valence-electron chi connectivity index (χ3n) is 3.09. The summed E-state index contributed by atoms with van der Waals surface area (Å²) in [5, 5.41) is 12.6. The first-order chi connectivity index (χ1) is 10.5. The number of hydrogen-bond acceptors (Lipinski definition) is 7. The molecule has 22 heavy (non-hydrogen) atoms. The molecule has 8 nitrogen and oxygen atoms in total. The normalized spacial score (nSPS) is 12.4. The summed E-state index contributed by atoms with van der Waals surface area (Å²) >= 11 is 1.21. The van der Waals surface area contributed by atoms with Crippen LogP contribution in [0, 0.1) is 0 Å². The first-order valence-electron chi connectivity index (χ1n) is 7.04. The van der Waals surface area contributed by atoms with Gasteiger partial charge in [-0.05, 0) is 26.3 Å². The number of nitrogens with zero attached hydrogens (tertiary/aromatic N) is 5. The van der Waals surface area contributed by atoms with Crippen LogP contribution >= 0.6 is 11.8 Å². The van der Waals surface area contributed by atoms with Gasteiger partial charge in [-0.2, -0.15) is 5.10 Å². The molecule has 0 aliphatic carbocycles. The molecule has 0 saturated heterocycles. The Kier molecular flexibility index (Phi) is 5.07. The van der Waals surface area contributed by atoms with Crippen LogP contribution in [0.1, 0.15) is 26.5 Å². The maximum Gasteiger partial charge on any atom is 0.319 e. The van der Waals surface area contributed by atoms with E-state index in [9.17, 15) is 4.79 Å². The Hall–Kier alpha value is -2.03. The fourth-order valence-corrected chi connectivity index (χ4v) is 2.68. The summed E-state index contributed by atoms with van der Waals surface area (Å²) in [7, 11) is 1.83. The van der Waals surface area contributed by atoms with Gasteiger partial charge in [0.05, 0.1) is 12.3 Å². The van der Waals surface area contributed by atoms with Crippen molar-refractivity contribution in [3.8, 4) is 11.5 Å². The zero-order valence-corrected chi connectivity index (χ0v) is 13.9. The van der Waals surface area contributed by atoms with Crippen LogP contribution in [0.15, 0.2) is 11.2 Å². The van der Waals surface area contributed by atoms with Crippen molar-refractivity contribution in [1.82, 2.24) is 24.7 Å². The van der Waals surface area contributed by atoms with E-state index in [0.29, 0.717) is 17.6 Å². The molecular formula is C13H20N6O2S. The second kappa shape index (κ2) is 6.82. The van der Waals surface area contributed by atoms with Crippen molar-refractivity contribution in [3.63, 3.8) is 0 Å². The lowest BCUT2D eigenvalue weighted by Gasteiger charge is -2.09. The van der Waals surface area contributed by atoms with Crippen LogP contribution in [0.25, 0.3) is 11.5 Å². The van der Waals surface area contributed by atoms with E-state index in [1.807, 2.05) is 20.0 Å². The number of esters is 1. The average molecular weight is 324 g/mol. The number of thioether (sulfide) groups is 1. The first-order valence-corrected chi connectivity index (χ1v) is 7.92. The summed E-state index contributed by atoms with van der Waals surface area (Å²) in [6.45, 7) is 5.89. The van der Waals surface area contributed by atoms with Crippen LogP contribution in [0.3, 0.4) is 0 Å². The van der Waals surface area contributed by atoms with Crippen LogP contribution in [-0.2, 0) is 23.0 Å². The van der Waals surface area contributed by atoms with E-state index in [1.165, 1.54) is 16.4 Å². The van der Waals surface area contributed by atoms with Crippen LogP contribution in [0.2, 0.25) is 0 Å². The Labute approximate surface area is 133 Å². The van der Waals surface area contributed by atoms with Crippen molar-refractivity contribution in [1.29, 1.82) is 0 Å². The van der Waals surface area contributed by atoms with Gasteiger partial charge in [0.25, 0.3) is 0 Å². The second-order valence-corrected chi connectivity index (χ2v) is 5.99. The highest BCUT2D eigenvalue weighted by atomic mass is 32.2. The second-order valence-electron chi connectivity index (χ2n) is 4.69. The molecule has 0 aliphatic rings. The van der Waals surface area contributed by atoms with Crippen molar-refractivity contribution in [2.45, 2.75) is 37.6 Å². The maximum atomic E-state index is 11.7. The molecule has 1 atom stereocenters.